The quantitative estimate of drug-likeness (QED) is 0.806. The number of hydrogen-bond acceptors (Lipinski definition) is 5. The Kier molecular flexibility index (Phi) is 4.15. The van der Waals surface area contributed by atoms with Crippen LogP contribution in [-0.2, 0) is 9.59 Å². The van der Waals surface area contributed by atoms with Gasteiger partial charge in [0, 0.05) is 51.0 Å². The minimum atomic E-state index is -0.274. The van der Waals surface area contributed by atoms with Crippen molar-refractivity contribution in [3.63, 3.8) is 0 Å². The van der Waals surface area contributed by atoms with Gasteiger partial charge in [-0.3, -0.25) is 14.9 Å². The molecule has 1 atom stereocenters. The molecular weight excluding hydrogens is 316 g/mol. The van der Waals surface area contributed by atoms with Gasteiger partial charge in [-0.05, 0) is 48.9 Å². The number of amides is 2. The van der Waals surface area contributed by atoms with Crippen molar-refractivity contribution < 1.29 is 9.59 Å². The first-order chi connectivity index (χ1) is 12.1. The topological polar surface area (TPSA) is 64.7 Å². The van der Waals surface area contributed by atoms with Gasteiger partial charge in [0.05, 0.1) is 0 Å². The summed E-state index contributed by atoms with van der Waals surface area (Å²) in [5, 5.41) is 5.83. The molecule has 6 heteroatoms. The second-order valence-corrected chi connectivity index (χ2v) is 7.68. The molecule has 3 fully saturated rings. The predicted molar refractivity (Wildman–Crippen MR) is 97.8 cm³/mol. The second-order valence-electron chi connectivity index (χ2n) is 7.68. The first kappa shape index (κ1) is 16.4. The number of benzene rings is 1. The molecular formula is C19H26N4O2. The number of carbonyl (C=O) groups excluding carboxylic acids is 2. The molecule has 3 aliphatic rings. The van der Waals surface area contributed by atoms with Crippen molar-refractivity contribution in [3.8, 4) is 0 Å². The average Bonchev–Trinajstić information content (AvgIpc) is 2.60. The summed E-state index contributed by atoms with van der Waals surface area (Å²) in [7, 11) is 1.92. The van der Waals surface area contributed by atoms with Gasteiger partial charge >= 0.3 is 0 Å². The standard InChI is InChI=1S/C19H26N4O2/c1-22(16-6-7-17(24)21-18(16)25)14-2-4-15(5-3-14)23-10-8-19(9-11-23)12-20-13-19/h2-5,16,20H,6-13H2,1H3,(H,21,24,25). The zero-order valence-electron chi connectivity index (χ0n) is 14.8. The van der Waals surface area contributed by atoms with Crippen LogP contribution in [0.3, 0.4) is 0 Å². The lowest BCUT2D eigenvalue weighted by atomic mass is 9.73. The van der Waals surface area contributed by atoms with Crippen LogP contribution in [0.25, 0.3) is 0 Å². The summed E-state index contributed by atoms with van der Waals surface area (Å²) in [6.07, 6.45) is 3.50. The van der Waals surface area contributed by atoms with Crippen LogP contribution in [0.5, 0.6) is 0 Å². The Balaban J connectivity index is 1.40. The van der Waals surface area contributed by atoms with Gasteiger partial charge in [0.2, 0.25) is 11.8 Å². The second kappa shape index (κ2) is 6.33. The zero-order valence-corrected chi connectivity index (χ0v) is 14.8. The van der Waals surface area contributed by atoms with E-state index in [0.717, 1.165) is 18.8 Å². The van der Waals surface area contributed by atoms with Crippen molar-refractivity contribution in [2.24, 2.45) is 5.41 Å². The summed E-state index contributed by atoms with van der Waals surface area (Å²) in [4.78, 5) is 27.8. The van der Waals surface area contributed by atoms with Crippen LogP contribution >= 0.6 is 0 Å². The zero-order chi connectivity index (χ0) is 17.4. The van der Waals surface area contributed by atoms with Crippen LogP contribution in [-0.4, -0.2) is 51.1 Å². The fourth-order valence-corrected chi connectivity index (χ4v) is 4.20. The van der Waals surface area contributed by atoms with Crippen LogP contribution in [0.4, 0.5) is 11.4 Å². The Labute approximate surface area is 148 Å². The normalized spacial score (nSPS) is 25.5. The Morgan fingerprint density at radius 2 is 1.80 bits per heavy atom. The van der Waals surface area contributed by atoms with Gasteiger partial charge in [0.1, 0.15) is 6.04 Å². The van der Waals surface area contributed by atoms with E-state index < -0.39 is 0 Å². The van der Waals surface area contributed by atoms with E-state index in [1.54, 1.807) is 0 Å². The van der Waals surface area contributed by atoms with Gasteiger partial charge < -0.3 is 15.1 Å². The fraction of sp³-hybridized carbons (Fsp3) is 0.579. The minimum Gasteiger partial charge on any atom is -0.371 e. The number of piperidine rings is 2. The molecule has 6 nitrogen and oxygen atoms in total. The summed E-state index contributed by atoms with van der Waals surface area (Å²) < 4.78 is 0. The third-order valence-corrected chi connectivity index (χ3v) is 6.12. The maximum Gasteiger partial charge on any atom is 0.249 e. The van der Waals surface area contributed by atoms with E-state index in [4.69, 9.17) is 0 Å². The van der Waals surface area contributed by atoms with Crippen LogP contribution in [0, 0.1) is 5.41 Å². The van der Waals surface area contributed by atoms with Crippen LogP contribution in [0.15, 0.2) is 24.3 Å². The molecule has 1 aromatic carbocycles. The third-order valence-electron chi connectivity index (χ3n) is 6.12. The van der Waals surface area contributed by atoms with Crippen LogP contribution < -0.4 is 20.4 Å². The number of imide groups is 1. The Morgan fingerprint density at radius 1 is 1.12 bits per heavy atom. The van der Waals surface area contributed by atoms with E-state index in [0.29, 0.717) is 18.3 Å². The monoisotopic (exact) mass is 342 g/mol. The summed E-state index contributed by atoms with van der Waals surface area (Å²) in [6, 6.07) is 8.18. The maximum absolute atomic E-state index is 12.0. The number of hydrogen-bond donors (Lipinski definition) is 2. The van der Waals surface area contributed by atoms with Crippen molar-refractivity contribution in [1.82, 2.24) is 10.6 Å². The Hall–Kier alpha value is -2.08. The van der Waals surface area contributed by atoms with Gasteiger partial charge in [-0.15, -0.1) is 0 Å². The fourth-order valence-electron chi connectivity index (χ4n) is 4.20. The highest BCUT2D eigenvalue weighted by Gasteiger charge is 2.39. The van der Waals surface area contributed by atoms with Crippen molar-refractivity contribution >= 4 is 23.2 Å². The van der Waals surface area contributed by atoms with Crippen molar-refractivity contribution in [2.45, 2.75) is 31.7 Å². The lowest BCUT2D eigenvalue weighted by Gasteiger charge is -2.49. The molecule has 0 saturated carbocycles. The molecule has 1 spiro atoms. The molecule has 4 rings (SSSR count). The number of nitrogens with one attached hydrogen (secondary N) is 2. The number of nitrogens with zero attached hydrogens (tertiary/aromatic N) is 2. The third kappa shape index (κ3) is 3.11. The Bertz CT molecular complexity index is 659. The van der Waals surface area contributed by atoms with Crippen molar-refractivity contribution in [3.05, 3.63) is 24.3 Å². The van der Waals surface area contributed by atoms with Crippen molar-refractivity contribution in [2.75, 3.05) is 43.0 Å². The molecule has 2 amide bonds. The smallest absolute Gasteiger partial charge is 0.249 e. The largest absolute Gasteiger partial charge is 0.371 e. The van der Waals surface area contributed by atoms with E-state index >= 15 is 0 Å². The van der Waals surface area contributed by atoms with E-state index in [1.165, 1.54) is 31.6 Å². The molecule has 0 aromatic heterocycles. The van der Waals surface area contributed by atoms with E-state index in [-0.39, 0.29) is 17.9 Å². The molecule has 3 aliphatic heterocycles. The average molecular weight is 342 g/mol. The Morgan fingerprint density at radius 3 is 2.36 bits per heavy atom. The molecule has 2 N–H and O–H groups in total. The van der Waals surface area contributed by atoms with E-state index in [9.17, 15) is 9.59 Å². The molecule has 3 saturated heterocycles. The van der Waals surface area contributed by atoms with Gasteiger partial charge in [-0.2, -0.15) is 0 Å². The maximum atomic E-state index is 12.0. The molecule has 0 radical (unpaired) electrons. The highest BCUT2D eigenvalue weighted by atomic mass is 16.2. The van der Waals surface area contributed by atoms with Gasteiger partial charge in [0.15, 0.2) is 0 Å². The number of likely N-dealkylation sites (N-methyl/N-ethyl adjacent to an activating group) is 1. The van der Waals surface area contributed by atoms with Gasteiger partial charge in [0.25, 0.3) is 0 Å². The lowest BCUT2D eigenvalue weighted by molar-refractivity contribution is -0.134. The van der Waals surface area contributed by atoms with E-state index in [2.05, 4.69) is 39.8 Å². The van der Waals surface area contributed by atoms with Crippen LogP contribution in [0.1, 0.15) is 25.7 Å². The minimum absolute atomic E-state index is 0.172. The summed E-state index contributed by atoms with van der Waals surface area (Å²) in [5.74, 6) is -0.368. The molecule has 0 bridgehead atoms. The molecule has 1 aromatic rings. The molecule has 1 unspecified atom stereocenters. The lowest BCUT2D eigenvalue weighted by Crippen LogP contribution is -2.58. The summed E-state index contributed by atoms with van der Waals surface area (Å²) in [5.41, 5.74) is 2.82. The van der Waals surface area contributed by atoms with Gasteiger partial charge in [-0.25, -0.2) is 0 Å². The first-order valence-corrected chi connectivity index (χ1v) is 9.19. The summed E-state index contributed by atoms with van der Waals surface area (Å²) >= 11 is 0. The first-order valence-electron chi connectivity index (χ1n) is 9.19. The molecule has 25 heavy (non-hydrogen) atoms. The van der Waals surface area contributed by atoms with E-state index in [1.807, 2.05) is 11.9 Å². The number of anilines is 2. The predicted octanol–water partition coefficient (Wildman–Crippen LogP) is 1.12. The SMILES string of the molecule is CN(c1ccc(N2CCC3(CC2)CNC3)cc1)C1CCC(=O)NC1=O. The highest BCUT2D eigenvalue weighted by Crippen LogP contribution is 2.36. The highest BCUT2D eigenvalue weighted by molar-refractivity contribution is 6.01. The molecule has 3 heterocycles. The van der Waals surface area contributed by atoms with Gasteiger partial charge in [-0.1, -0.05) is 0 Å². The summed E-state index contributed by atoms with van der Waals surface area (Å²) in [6.45, 7) is 4.58. The molecule has 134 valence electrons. The molecule has 0 aliphatic carbocycles. The van der Waals surface area contributed by atoms with Crippen LogP contribution in [0.2, 0.25) is 0 Å². The van der Waals surface area contributed by atoms with Crippen molar-refractivity contribution in [1.29, 1.82) is 0 Å². The number of carbonyl (C=O) groups is 2. The number of rotatable bonds is 3.